The lowest BCUT2D eigenvalue weighted by atomic mass is 10.0. The van der Waals surface area contributed by atoms with E-state index in [2.05, 4.69) is 20.9 Å². The number of rotatable bonds is 11. The Morgan fingerprint density at radius 1 is 0.921 bits per heavy atom. The number of pyridine rings is 1. The molecule has 202 valence electrons. The molecule has 0 aliphatic carbocycles. The monoisotopic (exact) mass is 519 g/mol. The molecular formula is C29H37N5O4. The molecule has 3 amide bonds. The molecule has 38 heavy (non-hydrogen) atoms. The lowest BCUT2D eigenvalue weighted by Crippen LogP contribution is -2.53. The number of aryl methyl sites for hydroxylation is 1. The Balaban J connectivity index is 1.76. The Morgan fingerprint density at radius 2 is 1.61 bits per heavy atom. The smallest absolute Gasteiger partial charge is 0.408 e. The second kappa shape index (κ2) is 13.5. The first-order valence-corrected chi connectivity index (χ1v) is 12.8. The van der Waals surface area contributed by atoms with Gasteiger partial charge in [-0.3, -0.25) is 14.6 Å². The second-order valence-electron chi connectivity index (χ2n) is 10.1. The van der Waals surface area contributed by atoms with Crippen LogP contribution in [-0.2, 0) is 20.7 Å². The quantitative estimate of drug-likeness (QED) is 0.303. The molecule has 9 heteroatoms. The van der Waals surface area contributed by atoms with Crippen LogP contribution < -0.4 is 21.7 Å². The van der Waals surface area contributed by atoms with E-state index in [-0.39, 0.29) is 5.91 Å². The number of carbonyl (C=O) groups is 3. The Labute approximate surface area is 223 Å². The Morgan fingerprint density at radius 3 is 2.32 bits per heavy atom. The van der Waals surface area contributed by atoms with E-state index >= 15 is 0 Å². The van der Waals surface area contributed by atoms with Gasteiger partial charge >= 0.3 is 6.09 Å². The summed E-state index contributed by atoms with van der Waals surface area (Å²) < 4.78 is 5.32. The van der Waals surface area contributed by atoms with Gasteiger partial charge in [-0.1, -0.05) is 48.5 Å². The number of nitrogens with two attached hydrogens (primary N) is 1. The number of hydrogen-bond acceptors (Lipinski definition) is 6. The van der Waals surface area contributed by atoms with Crippen molar-refractivity contribution in [3.05, 3.63) is 72.4 Å². The SMILES string of the molecule is CC(C)(C)OC(=O)NC(CCCN)C(=O)N[C@@H](CCc1ccccc1)C(=O)Nc1cnc2ccccc2c1. The number of ether oxygens (including phenoxy) is 1. The fraction of sp³-hybridized carbons (Fsp3) is 0.379. The zero-order valence-corrected chi connectivity index (χ0v) is 22.2. The summed E-state index contributed by atoms with van der Waals surface area (Å²) in [6.45, 7) is 5.58. The number of amides is 3. The average molecular weight is 520 g/mol. The molecule has 0 aliphatic rings. The Kier molecular flexibility index (Phi) is 10.2. The van der Waals surface area contributed by atoms with Crippen molar-refractivity contribution in [1.82, 2.24) is 15.6 Å². The summed E-state index contributed by atoms with van der Waals surface area (Å²) in [6, 6.07) is 17.4. The second-order valence-corrected chi connectivity index (χ2v) is 10.1. The number of carbonyl (C=O) groups excluding carboxylic acids is 3. The van der Waals surface area contributed by atoms with E-state index in [1.807, 2.05) is 60.7 Å². The first kappa shape index (κ1) is 28.6. The minimum Gasteiger partial charge on any atom is -0.444 e. The lowest BCUT2D eigenvalue weighted by molar-refractivity contribution is -0.128. The first-order chi connectivity index (χ1) is 18.1. The van der Waals surface area contributed by atoms with Gasteiger partial charge in [-0.15, -0.1) is 0 Å². The predicted octanol–water partition coefficient (Wildman–Crippen LogP) is 3.92. The van der Waals surface area contributed by atoms with Gasteiger partial charge in [0.15, 0.2) is 0 Å². The molecule has 2 aromatic carbocycles. The van der Waals surface area contributed by atoms with Gasteiger partial charge in [0.05, 0.1) is 17.4 Å². The van der Waals surface area contributed by atoms with Gasteiger partial charge < -0.3 is 26.4 Å². The first-order valence-electron chi connectivity index (χ1n) is 12.8. The van der Waals surface area contributed by atoms with Crippen LogP contribution in [-0.4, -0.2) is 47.1 Å². The van der Waals surface area contributed by atoms with E-state index < -0.39 is 29.7 Å². The van der Waals surface area contributed by atoms with Crippen molar-refractivity contribution < 1.29 is 19.1 Å². The summed E-state index contributed by atoms with van der Waals surface area (Å²) >= 11 is 0. The topological polar surface area (TPSA) is 135 Å². The fourth-order valence-corrected chi connectivity index (χ4v) is 3.91. The van der Waals surface area contributed by atoms with Crippen molar-refractivity contribution in [1.29, 1.82) is 0 Å². The molecule has 2 atom stereocenters. The lowest BCUT2D eigenvalue weighted by Gasteiger charge is -2.25. The summed E-state index contributed by atoms with van der Waals surface area (Å²) in [6.07, 6.45) is 2.63. The third-order valence-corrected chi connectivity index (χ3v) is 5.76. The molecule has 0 spiro atoms. The third kappa shape index (κ3) is 9.15. The maximum atomic E-state index is 13.4. The molecule has 0 fully saturated rings. The van der Waals surface area contributed by atoms with E-state index in [1.165, 1.54) is 0 Å². The number of anilines is 1. The highest BCUT2D eigenvalue weighted by molar-refractivity contribution is 5.99. The maximum absolute atomic E-state index is 13.4. The molecule has 0 saturated heterocycles. The molecule has 3 aromatic rings. The minimum atomic E-state index is -0.900. The summed E-state index contributed by atoms with van der Waals surface area (Å²) in [5.74, 6) is -0.852. The molecular weight excluding hydrogens is 482 g/mol. The van der Waals surface area contributed by atoms with Gasteiger partial charge in [-0.05, 0) is 70.7 Å². The number of nitrogens with zero attached hydrogens (tertiary/aromatic N) is 1. The Hall–Kier alpha value is -3.98. The van der Waals surface area contributed by atoms with Crippen LogP contribution in [0.15, 0.2) is 66.9 Å². The minimum absolute atomic E-state index is 0.309. The highest BCUT2D eigenvalue weighted by Gasteiger charge is 2.28. The van der Waals surface area contributed by atoms with Crippen molar-refractivity contribution in [3.63, 3.8) is 0 Å². The zero-order valence-electron chi connectivity index (χ0n) is 22.2. The number of alkyl carbamates (subject to hydrolysis) is 1. The molecule has 0 bridgehead atoms. The van der Waals surface area contributed by atoms with Gasteiger partial charge in [-0.25, -0.2) is 4.79 Å². The molecule has 0 aliphatic heterocycles. The van der Waals surface area contributed by atoms with Crippen LogP contribution in [0.4, 0.5) is 10.5 Å². The molecule has 0 saturated carbocycles. The molecule has 1 heterocycles. The van der Waals surface area contributed by atoms with Crippen molar-refractivity contribution in [2.24, 2.45) is 5.73 Å². The third-order valence-electron chi connectivity index (χ3n) is 5.76. The van der Waals surface area contributed by atoms with Crippen molar-refractivity contribution in [3.8, 4) is 0 Å². The Bertz CT molecular complexity index is 1230. The predicted molar refractivity (Wildman–Crippen MR) is 149 cm³/mol. The number of hydrogen-bond donors (Lipinski definition) is 4. The number of aromatic nitrogens is 1. The largest absolute Gasteiger partial charge is 0.444 e. The van der Waals surface area contributed by atoms with E-state index in [0.29, 0.717) is 37.9 Å². The van der Waals surface area contributed by atoms with Crippen molar-refractivity contribution >= 4 is 34.5 Å². The number of fused-ring (bicyclic) bond motifs is 1. The summed E-state index contributed by atoms with van der Waals surface area (Å²) in [5.41, 5.74) is 7.32. The average Bonchev–Trinajstić information content (AvgIpc) is 2.88. The van der Waals surface area contributed by atoms with Crippen LogP contribution in [0.5, 0.6) is 0 Å². The zero-order chi connectivity index (χ0) is 27.5. The number of benzene rings is 2. The molecule has 9 nitrogen and oxygen atoms in total. The van der Waals surface area contributed by atoms with Gasteiger partial charge in [0.1, 0.15) is 17.7 Å². The van der Waals surface area contributed by atoms with Gasteiger partial charge in [-0.2, -0.15) is 0 Å². The molecule has 5 N–H and O–H groups in total. The van der Waals surface area contributed by atoms with Crippen molar-refractivity contribution in [2.75, 3.05) is 11.9 Å². The normalized spacial score (nSPS) is 12.8. The van der Waals surface area contributed by atoms with Gasteiger partial charge in [0, 0.05) is 5.39 Å². The van der Waals surface area contributed by atoms with Gasteiger partial charge in [0.25, 0.3) is 0 Å². The maximum Gasteiger partial charge on any atom is 0.408 e. The van der Waals surface area contributed by atoms with Crippen LogP contribution in [0.1, 0.15) is 45.6 Å². The summed E-state index contributed by atoms with van der Waals surface area (Å²) in [5, 5.41) is 9.23. The fourth-order valence-electron chi connectivity index (χ4n) is 3.91. The summed E-state index contributed by atoms with van der Waals surface area (Å²) in [7, 11) is 0. The molecule has 3 rings (SSSR count). The molecule has 0 radical (unpaired) electrons. The molecule has 1 aromatic heterocycles. The van der Waals surface area contributed by atoms with Crippen LogP contribution in [0.25, 0.3) is 10.9 Å². The molecule has 1 unspecified atom stereocenters. The van der Waals surface area contributed by atoms with Crippen LogP contribution in [0.2, 0.25) is 0 Å². The highest BCUT2D eigenvalue weighted by atomic mass is 16.6. The number of para-hydroxylation sites is 1. The van der Waals surface area contributed by atoms with E-state index in [9.17, 15) is 14.4 Å². The summed E-state index contributed by atoms with van der Waals surface area (Å²) in [4.78, 5) is 43.4. The van der Waals surface area contributed by atoms with Crippen LogP contribution >= 0.6 is 0 Å². The van der Waals surface area contributed by atoms with Crippen LogP contribution in [0, 0.1) is 0 Å². The van der Waals surface area contributed by atoms with E-state index in [4.69, 9.17) is 10.5 Å². The van der Waals surface area contributed by atoms with Crippen LogP contribution in [0.3, 0.4) is 0 Å². The van der Waals surface area contributed by atoms with E-state index in [1.54, 1.807) is 27.0 Å². The highest BCUT2D eigenvalue weighted by Crippen LogP contribution is 2.17. The number of nitrogens with one attached hydrogen (secondary N) is 3. The van der Waals surface area contributed by atoms with Crippen molar-refractivity contribution in [2.45, 2.75) is 64.1 Å². The standard InChI is InChI=1S/C29H37N5O4/c1-29(2,3)38-28(37)34-24(14-9-17-30)27(36)33-25(16-15-20-10-5-4-6-11-20)26(35)32-22-18-21-12-7-8-13-23(21)31-19-22/h4-8,10-13,18-19,24-25H,9,14-17,30H2,1-3H3,(H,32,35)(H,33,36)(H,34,37)/t24?,25-/m0/s1. The van der Waals surface area contributed by atoms with E-state index in [0.717, 1.165) is 16.5 Å². The van der Waals surface area contributed by atoms with Gasteiger partial charge in [0.2, 0.25) is 11.8 Å².